The minimum atomic E-state index is -3.77. The maximum atomic E-state index is 12.4. The number of aromatic nitrogens is 2. The number of hydrogen-bond acceptors (Lipinski definition) is 4. The van der Waals surface area contributed by atoms with Crippen LogP contribution in [-0.2, 0) is 10.0 Å². The van der Waals surface area contributed by atoms with Crippen molar-refractivity contribution in [3.8, 4) is 0 Å². The van der Waals surface area contributed by atoms with Gasteiger partial charge in [-0.2, -0.15) is 5.10 Å². The summed E-state index contributed by atoms with van der Waals surface area (Å²) in [5.41, 5.74) is 7.04. The molecule has 0 fully saturated rings. The molecule has 0 bridgehead atoms. The van der Waals surface area contributed by atoms with Crippen molar-refractivity contribution < 1.29 is 8.42 Å². The number of nitrogens with zero attached hydrogens (tertiary/aromatic N) is 1. The first-order valence-corrected chi connectivity index (χ1v) is 7.27. The summed E-state index contributed by atoms with van der Waals surface area (Å²) in [7, 11) is -3.77. The molecule has 106 valence electrons. The number of sulfonamides is 1. The lowest BCUT2D eigenvalue weighted by Crippen LogP contribution is -2.18. The summed E-state index contributed by atoms with van der Waals surface area (Å²) in [5, 5.41) is 13.5. The molecule has 1 heterocycles. The molecule has 20 heavy (non-hydrogen) atoms. The lowest BCUT2D eigenvalue weighted by molar-refractivity contribution is 0.600. The van der Waals surface area contributed by atoms with Gasteiger partial charge in [0.1, 0.15) is 11.7 Å². The van der Waals surface area contributed by atoms with Crippen LogP contribution in [0.1, 0.15) is 16.7 Å². The number of nitrogen functional groups attached to an aromatic ring is 1. The molecule has 0 saturated heterocycles. The van der Waals surface area contributed by atoms with Gasteiger partial charge in [-0.25, -0.2) is 8.42 Å². The fraction of sp³-hybridized carbons (Fsp3) is 0.167. The highest BCUT2D eigenvalue weighted by Gasteiger charge is 2.20. The SMILES string of the molecule is Cc1ccc(C)c(S(=O)(=O)Nc2[nH]ncc2C(=N)N)c1. The van der Waals surface area contributed by atoms with Crippen molar-refractivity contribution in [3.63, 3.8) is 0 Å². The lowest BCUT2D eigenvalue weighted by atomic mass is 10.2. The minimum Gasteiger partial charge on any atom is -0.384 e. The van der Waals surface area contributed by atoms with Crippen LogP contribution in [0.15, 0.2) is 29.3 Å². The Morgan fingerprint density at radius 1 is 1.40 bits per heavy atom. The molecule has 0 aliphatic heterocycles. The monoisotopic (exact) mass is 293 g/mol. The number of aryl methyl sites for hydroxylation is 2. The second-order valence-corrected chi connectivity index (χ2v) is 6.10. The molecule has 0 amide bonds. The zero-order chi connectivity index (χ0) is 14.9. The van der Waals surface area contributed by atoms with Crippen LogP contribution in [0.3, 0.4) is 0 Å². The van der Waals surface area contributed by atoms with E-state index in [1.54, 1.807) is 19.1 Å². The van der Waals surface area contributed by atoms with E-state index in [1.807, 2.05) is 13.0 Å². The van der Waals surface area contributed by atoms with Crippen molar-refractivity contribution in [2.45, 2.75) is 18.7 Å². The van der Waals surface area contributed by atoms with Crippen molar-refractivity contribution >= 4 is 21.7 Å². The Morgan fingerprint density at radius 3 is 2.75 bits per heavy atom. The van der Waals surface area contributed by atoms with E-state index in [4.69, 9.17) is 11.1 Å². The normalized spacial score (nSPS) is 11.3. The maximum Gasteiger partial charge on any atom is 0.263 e. The van der Waals surface area contributed by atoms with Crippen LogP contribution in [0.2, 0.25) is 0 Å². The number of amidine groups is 1. The molecule has 2 aromatic rings. The summed E-state index contributed by atoms with van der Waals surface area (Å²) in [6.07, 6.45) is 1.29. The average molecular weight is 293 g/mol. The predicted octanol–water partition coefficient (Wildman–Crippen LogP) is 1.11. The van der Waals surface area contributed by atoms with Gasteiger partial charge in [-0.05, 0) is 31.0 Å². The summed E-state index contributed by atoms with van der Waals surface area (Å²) in [6, 6.07) is 5.16. The van der Waals surface area contributed by atoms with Crippen LogP contribution in [0.4, 0.5) is 5.82 Å². The van der Waals surface area contributed by atoms with Gasteiger partial charge >= 0.3 is 0 Å². The molecule has 2 rings (SSSR count). The van der Waals surface area contributed by atoms with E-state index in [0.717, 1.165) is 5.56 Å². The van der Waals surface area contributed by atoms with Gasteiger partial charge in [0.15, 0.2) is 0 Å². The van der Waals surface area contributed by atoms with E-state index in [0.29, 0.717) is 5.56 Å². The molecule has 0 unspecified atom stereocenters. The second-order valence-electron chi connectivity index (χ2n) is 4.45. The minimum absolute atomic E-state index is 0.0819. The van der Waals surface area contributed by atoms with E-state index in [-0.39, 0.29) is 22.1 Å². The molecular weight excluding hydrogens is 278 g/mol. The van der Waals surface area contributed by atoms with E-state index in [9.17, 15) is 8.42 Å². The largest absolute Gasteiger partial charge is 0.384 e. The fourth-order valence-corrected chi connectivity index (χ4v) is 3.12. The number of nitrogens with one attached hydrogen (secondary N) is 3. The molecule has 0 aliphatic carbocycles. The molecule has 0 aliphatic rings. The molecule has 1 aromatic heterocycles. The number of benzene rings is 1. The summed E-state index contributed by atoms with van der Waals surface area (Å²) in [6.45, 7) is 3.53. The molecule has 8 heteroatoms. The summed E-state index contributed by atoms with van der Waals surface area (Å²) < 4.78 is 27.1. The highest BCUT2D eigenvalue weighted by Crippen LogP contribution is 2.21. The van der Waals surface area contributed by atoms with Crippen molar-refractivity contribution in [2.75, 3.05) is 4.72 Å². The van der Waals surface area contributed by atoms with E-state index in [2.05, 4.69) is 14.9 Å². The number of rotatable bonds is 4. The third kappa shape index (κ3) is 2.64. The first-order valence-electron chi connectivity index (χ1n) is 5.79. The number of nitrogens with two attached hydrogens (primary N) is 1. The third-order valence-corrected chi connectivity index (χ3v) is 4.29. The number of anilines is 1. The molecule has 1 aromatic carbocycles. The van der Waals surface area contributed by atoms with Crippen LogP contribution in [0.5, 0.6) is 0 Å². The standard InChI is InChI=1S/C12H15N5O2S/c1-7-3-4-8(2)10(5-7)20(18,19)17-12-9(11(13)14)6-15-16-12/h3-6H,1-2H3,(H3,13,14)(H2,15,16,17). The van der Waals surface area contributed by atoms with Gasteiger partial charge in [0.25, 0.3) is 10.0 Å². The summed E-state index contributed by atoms with van der Waals surface area (Å²) >= 11 is 0. The van der Waals surface area contributed by atoms with Crippen molar-refractivity contribution in [2.24, 2.45) is 5.73 Å². The Morgan fingerprint density at radius 2 is 2.10 bits per heavy atom. The number of H-pyrrole nitrogens is 1. The number of hydrogen-bond donors (Lipinski definition) is 4. The van der Waals surface area contributed by atoms with Gasteiger partial charge in [-0.15, -0.1) is 0 Å². The molecule has 0 atom stereocenters. The first kappa shape index (κ1) is 14.1. The average Bonchev–Trinajstić information content (AvgIpc) is 2.79. The summed E-state index contributed by atoms with van der Waals surface area (Å²) in [5.74, 6) is -0.184. The highest BCUT2D eigenvalue weighted by molar-refractivity contribution is 7.92. The second kappa shape index (κ2) is 4.97. The molecule has 0 saturated carbocycles. The van der Waals surface area contributed by atoms with Gasteiger partial charge in [0.05, 0.1) is 16.7 Å². The third-order valence-electron chi connectivity index (χ3n) is 2.80. The Labute approximate surface area is 116 Å². The van der Waals surface area contributed by atoms with E-state index >= 15 is 0 Å². The maximum absolute atomic E-state index is 12.4. The molecule has 0 radical (unpaired) electrons. The zero-order valence-corrected chi connectivity index (χ0v) is 11.9. The van der Waals surface area contributed by atoms with Crippen LogP contribution < -0.4 is 10.5 Å². The lowest BCUT2D eigenvalue weighted by Gasteiger charge is -2.10. The zero-order valence-electron chi connectivity index (χ0n) is 11.1. The quantitative estimate of drug-likeness (QED) is 0.497. The topological polar surface area (TPSA) is 125 Å². The number of aromatic amines is 1. The van der Waals surface area contributed by atoms with Crippen LogP contribution in [-0.4, -0.2) is 24.5 Å². The van der Waals surface area contributed by atoms with Crippen LogP contribution in [0, 0.1) is 19.3 Å². The van der Waals surface area contributed by atoms with Crippen molar-refractivity contribution in [1.82, 2.24) is 10.2 Å². The van der Waals surface area contributed by atoms with E-state index < -0.39 is 10.0 Å². The fourth-order valence-electron chi connectivity index (χ4n) is 1.75. The Hall–Kier alpha value is -2.35. The molecule has 7 nitrogen and oxygen atoms in total. The molecule has 0 spiro atoms. The van der Waals surface area contributed by atoms with Crippen molar-refractivity contribution in [1.29, 1.82) is 5.41 Å². The van der Waals surface area contributed by atoms with Gasteiger partial charge < -0.3 is 5.73 Å². The smallest absolute Gasteiger partial charge is 0.263 e. The van der Waals surface area contributed by atoms with Crippen LogP contribution in [0.25, 0.3) is 0 Å². The first-order chi connectivity index (χ1) is 9.31. The van der Waals surface area contributed by atoms with E-state index in [1.165, 1.54) is 6.20 Å². The van der Waals surface area contributed by atoms with Gasteiger partial charge in [-0.3, -0.25) is 15.2 Å². The van der Waals surface area contributed by atoms with Crippen LogP contribution >= 0.6 is 0 Å². The van der Waals surface area contributed by atoms with Gasteiger partial charge in [0.2, 0.25) is 0 Å². The van der Waals surface area contributed by atoms with Gasteiger partial charge in [0, 0.05) is 0 Å². The predicted molar refractivity (Wildman–Crippen MR) is 76.3 cm³/mol. The van der Waals surface area contributed by atoms with Crippen molar-refractivity contribution in [3.05, 3.63) is 41.1 Å². The Balaban J connectivity index is 2.44. The Kier molecular flexibility index (Phi) is 3.49. The Bertz CT molecular complexity index is 764. The molecule has 5 N–H and O–H groups in total. The van der Waals surface area contributed by atoms with Gasteiger partial charge in [-0.1, -0.05) is 12.1 Å². The highest BCUT2D eigenvalue weighted by atomic mass is 32.2. The summed E-state index contributed by atoms with van der Waals surface area (Å²) in [4.78, 5) is 0.182. The molecular formula is C12H15N5O2S.